The summed E-state index contributed by atoms with van der Waals surface area (Å²) in [5.74, 6) is 0. The van der Waals surface area contributed by atoms with Gasteiger partial charge < -0.3 is 8.85 Å². The molecule has 25 heavy (non-hydrogen) atoms. The molecule has 0 saturated carbocycles. The molecular weight excluding hydrogens is 360 g/mol. The Kier molecular flexibility index (Phi) is 14.2. The van der Waals surface area contributed by atoms with Gasteiger partial charge in [0.25, 0.3) is 0 Å². The third kappa shape index (κ3) is 7.69. The third-order valence-electron chi connectivity index (χ3n) is 5.45. The van der Waals surface area contributed by atoms with Gasteiger partial charge in [-0.05, 0) is 38.0 Å². The van der Waals surface area contributed by atoms with Crippen LogP contribution >= 0.6 is 11.8 Å². The van der Waals surface area contributed by atoms with Gasteiger partial charge in [0.2, 0.25) is 16.6 Å². The molecule has 0 aliphatic heterocycles. The summed E-state index contributed by atoms with van der Waals surface area (Å²) in [7, 11) is -3.36. The van der Waals surface area contributed by atoms with Crippen molar-refractivity contribution in [1.82, 2.24) is 0 Å². The van der Waals surface area contributed by atoms with Crippen LogP contribution in [0, 0.1) is 0 Å². The highest BCUT2D eigenvalue weighted by Gasteiger charge is 2.45. The zero-order valence-electron chi connectivity index (χ0n) is 18.5. The van der Waals surface area contributed by atoms with E-state index < -0.39 is 16.6 Å². The molecule has 0 heterocycles. The van der Waals surface area contributed by atoms with Crippen LogP contribution in [0.4, 0.5) is 0 Å². The highest BCUT2D eigenvalue weighted by atomic mass is 32.2. The van der Waals surface area contributed by atoms with Crippen molar-refractivity contribution in [3.63, 3.8) is 0 Å². The molecule has 0 N–H and O–H groups in total. The van der Waals surface area contributed by atoms with Crippen LogP contribution in [0.25, 0.3) is 0 Å². The molecule has 0 aromatic heterocycles. The van der Waals surface area contributed by atoms with E-state index in [0.717, 1.165) is 13.2 Å². The van der Waals surface area contributed by atoms with Crippen LogP contribution in [0.15, 0.2) is 0 Å². The summed E-state index contributed by atoms with van der Waals surface area (Å²) in [6.07, 6.45) is 5.01. The lowest BCUT2D eigenvalue weighted by molar-refractivity contribution is 0.314. The molecule has 0 aromatic rings. The molecule has 0 fully saturated rings. The van der Waals surface area contributed by atoms with E-state index in [1.165, 1.54) is 49.9 Å². The van der Waals surface area contributed by atoms with Crippen molar-refractivity contribution in [2.75, 3.05) is 13.2 Å². The molecule has 0 spiro atoms. The van der Waals surface area contributed by atoms with Crippen molar-refractivity contribution in [3.05, 3.63) is 0 Å². The van der Waals surface area contributed by atoms with Gasteiger partial charge >= 0.3 is 0 Å². The van der Waals surface area contributed by atoms with Crippen molar-refractivity contribution >= 4 is 28.4 Å². The Hall–Kier alpha value is 0.704. The van der Waals surface area contributed by atoms with Crippen molar-refractivity contribution in [2.45, 2.75) is 115 Å². The van der Waals surface area contributed by atoms with Crippen molar-refractivity contribution in [2.24, 2.45) is 0 Å². The monoisotopic (exact) mass is 406 g/mol. The molecule has 0 aliphatic carbocycles. The van der Waals surface area contributed by atoms with Gasteiger partial charge in [-0.3, -0.25) is 0 Å². The van der Waals surface area contributed by atoms with Crippen molar-refractivity contribution < 1.29 is 8.85 Å². The second-order valence-electron chi connectivity index (χ2n) is 7.42. The Morgan fingerprint density at radius 3 is 1.08 bits per heavy atom. The predicted molar refractivity (Wildman–Crippen MR) is 122 cm³/mol. The van der Waals surface area contributed by atoms with Crippen LogP contribution in [-0.4, -0.2) is 39.6 Å². The van der Waals surface area contributed by atoms with E-state index in [4.69, 9.17) is 8.85 Å². The van der Waals surface area contributed by atoms with E-state index in [1.54, 1.807) is 0 Å². The maximum atomic E-state index is 6.56. The minimum atomic E-state index is -1.68. The van der Waals surface area contributed by atoms with Gasteiger partial charge in [-0.15, -0.1) is 0 Å². The maximum absolute atomic E-state index is 6.56. The van der Waals surface area contributed by atoms with Gasteiger partial charge in [0.15, 0.2) is 0 Å². The van der Waals surface area contributed by atoms with E-state index in [0.29, 0.717) is 9.75 Å². The van der Waals surface area contributed by atoms with Crippen LogP contribution in [-0.2, 0) is 8.85 Å². The molecule has 152 valence electrons. The van der Waals surface area contributed by atoms with Crippen molar-refractivity contribution in [1.29, 1.82) is 0 Å². The second-order valence-corrected chi connectivity index (χ2v) is 18.5. The summed E-state index contributed by atoms with van der Waals surface area (Å²) < 4.78 is 13.1. The van der Waals surface area contributed by atoms with Gasteiger partial charge in [0.05, 0.1) is 0 Å². The topological polar surface area (TPSA) is 18.5 Å². The van der Waals surface area contributed by atoms with Gasteiger partial charge in [0.1, 0.15) is 0 Å². The highest BCUT2D eigenvalue weighted by molar-refractivity contribution is 8.03. The molecule has 0 radical (unpaired) electrons. The summed E-state index contributed by atoms with van der Waals surface area (Å²) >= 11 is 2.23. The van der Waals surface area contributed by atoms with E-state index in [-0.39, 0.29) is 0 Å². The maximum Gasteiger partial charge on any atom is 0.205 e. The zero-order chi connectivity index (χ0) is 19.3. The average Bonchev–Trinajstić information content (AvgIpc) is 2.55. The summed E-state index contributed by atoms with van der Waals surface area (Å²) in [4.78, 5) is 1.31. The number of hydrogen-bond donors (Lipinski definition) is 0. The minimum Gasteiger partial charge on any atom is -0.416 e. The van der Waals surface area contributed by atoms with E-state index in [2.05, 4.69) is 67.2 Å². The molecule has 5 heteroatoms. The van der Waals surface area contributed by atoms with Gasteiger partial charge in [-0.25, -0.2) is 0 Å². The second kappa shape index (κ2) is 13.8. The molecule has 2 nitrogen and oxygen atoms in total. The van der Waals surface area contributed by atoms with E-state index >= 15 is 0 Å². The van der Waals surface area contributed by atoms with Gasteiger partial charge in [-0.1, -0.05) is 67.2 Å². The van der Waals surface area contributed by atoms with E-state index in [1.807, 2.05) is 0 Å². The van der Waals surface area contributed by atoms with Crippen LogP contribution in [0.3, 0.4) is 0 Å². The SMILES string of the molecule is CCC[Si](CCC)(OCC)C(C)SC(C)[Si](CCC)(CCC)OCC. The molecule has 0 saturated heterocycles. The molecule has 0 amide bonds. The summed E-state index contributed by atoms with van der Waals surface area (Å²) in [6.45, 7) is 20.4. The zero-order valence-corrected chi connectivity index (χ0v) is 21.3. The minimum absolute atomic E-state index is 0.656. The van der Waals surface area contributed by atoms with Crippen molar-refractivity contribution in [3.8, 4) is 0 Å². The fraction of sp³-hybridized carbons (Fsp3) is 1.00. The molecule has 0 aromatic carbocycles. The Morgan fingerprint density at radius 2 is 0.880 bits per heavy atom. The summed E-state index contributed by atoms with van der Waals surface area (Å²) in [5.41, 5.74) is 0. The van der Waals surface area contributed by atoms with Crippen LogP contribution in [0.2, 0.25) is 24.2 Å². The molecule has 0 aliphatic rings. The first-order valence-electron chi connectivity index (χ1n) is 10.8. The fourth-order valence-electron chi connectivity index (χ4n) is 4.41. The lowest BCUT2D eigenvalue weighted by atomic mass is 10.6. The molecule has 0 bridgehead atoms. The van der Waals surface area contributed by atoms with Gasteiger partial charge in [0, 0.05) is 23.0 Å². The Balaban J connectivity index is 5.41. The Bertz CT molecular complexity index is 265. The first kappa shape index (κ1) is 25.7. The normalized spacial score (nSPS) is 15.4. The first-order valence-corrected chi connectivity index (χ1v) is 16.6. The quantitative estimate of drug-likeness (QED) is 0.253. The highest BCUT2D eigenvalue weighted by Crippen LogP contribution is 2.40. The Labute approximate surface area is 165 Å². The average molecular weight is 407 g/mol. The predicted octanol–water partition coefficient (Wildman–Crippen LogP) is 7.18. The Morgan fingerprint density at radius 1 is 0.600 bits per heavy atom. The van der Waals surface area contributed by atoms with Gasteiger partial charge in [-0.2, -0.15) is 11.8 Å². The standard InChI is InChI=1S/C20H46O2SSi2/c1-9-15-24(16-10-2,21-13-5)19(7)23-20(8)25(17-11-3,18-12-4)22-14-6/h19-20H,9-18H2,1-8H3. The number of hydrogen-bond acceptors (Lipinski definition) is 3. The summed E-state index contributed by atoms with van der Waals surface area (Å²) in [5, 5.41) is 0. The fourth-order valence-corrected chi connectivity index (χ4v) is 18.2. The van der Waals surface area contributed by atoms with Crippen LogP contribution in [0.5, 0.6) is 0 Å². The van der Waals surface area contributed by atoms with Crippen LogP contribution in [0.1, 0.15) is 81.1 Å². The molecular formula is C20H46O2SSi2. The van der Waals surface area contributed by atoms with Crippen LogP contribution < -0.4 is 0 Å². The lowest BCUT2D eigenvalue weighted by Crippen LogP contribution is -2.52. The summed E-state index contributed by atoms with van der Waals surface area (Å²) in [6, 6.07) is 5.22. The first-order chi connectivity index (χ1) is 11.9. The van der Waals surface area contributed by atoms with E-state index in [9.17, 15) is 0 Å². The lowest BCUT2D eigenvalue weighted by Gasteiger charge is -2.41. The molecule has 0 rings (SSSR count). The smallest absolute Gasteiger partial charge is 0.205 e. The number of rotatable bonds is 16. The molecule has 2 atom stereocenters. The number of thioether (sulfide) groups is 1. The molecule has 2 unspecified atom stereocenters. The third-order valence-corrected chi connectivity index (χ3v) is 19.7. The largest absolute Gasteiger partial charge is 0.416 e.